The predicted molar refractivity (Wildman–Crippen MR) is 93.2 cm³/mol. The molecule has 116 valence electrons. The molecular formula is C18H27NOS. The Bertz CT molecular complexity index is 570. The summed E-state index contributed by atoms with van der Waals surface area (Å²) in [5.74, 6) is 0. The first-order chi connectivity index (χ1) is 9.97. The first kappa shape index (κ1) is 16.5. The topological polar surface area (TPSA) is 21.3 Å². The maximum atomic E-state index is 6.06. The van der Waals surface area contributed by atoms with Gasteiger partial charge in [0.1, 0.15) is 0 Å². The van der Waals surface area contributed by atoms with Gasteiger partial charge >= 0.3 is 0 Å². The largest absolute Gasteiger partial charge is 0.376 e. The van der Waals surface area contributed by atoms with Crippen molar-refractivity contribution < 1.29 is 4.74 Å². The van der Waals surface area contributed by atoms with E-state index in [2.05, 4.69) is 62.7 Å². The summed E-state index contributed by atoms with van der Waals surface area (Å²) in [6.07, 6.45) is 1.20. The van der Waals surface area contributed by atoms with E-state index in [1.807, 2.05) is 18.4 Å². The van der Waals surface area contributed by atoms with Crippen LogP contribution in [0.5, 0.6) is 0 Å². The first-order valence-corrected chi connectivity index (χ1v) is 8.59. The molecule has 2 unspecified atom stereocenters. The molecule has 0 aliphatic carbocycles. The van der Waals surface area contributed by atoms with Gasteiger partial charge in [0.15, 0.2) is 0 Å². The van der Waals surface area contributed by atoms with Crippen molar-refractivity contribution in [3.8, 4) is 0 Å². The number of ether oxygens (including phenoxy) is 1. The van der Waals surface area contributed by atoms with Crippen LogP contribution in [-0.2, 0) is 11.2 Å². The Morgan fingerprint density at radius 3 is 2.57 bits per heavy atom. The van der Waals surface area contributed by atoms with E-state index in [-0.39, 0.29) is 11.5 Å². The minimum absolute atomic E-state index is 0.121. The number of likely N-dealkylation sites (N-methyl/N-ethyl adjacent to an activating group) is 1. The molecule has 2 nitrogen and oxygen atoms in total. The van der Waals surface area contributed by atoms with Gasteiger partial charge in [-0.15, -0.1) is 11.3 Å². The number of fused-ring (bicyclic) bond motifs is 1. The van der Waals surface area contributed by atoms with Gasteiger partial charge in [-0.1, -0.05) is 39.0 Å². The average molecular weight is 305 g/mol. The molecule has 0 bridgehead atoms. The third kappa shape index (κ3) is 3.85. The van der Waals surface area contributed by atoms with E-state index in [9.17, 15) is 0 Å². The van der Waals surface area contributed by atoms with Crippen LogP contribution < -0.4 is 5.32 Å². The molecule has 2 rings (SSSR count). The minimum atomic E-state index is 0.121. The first-order valence-electron chi connectivity index (χ1n) is 7.71. The summed E-state index contributed by atoms with van der Waals surface area (Å²) in [6.45, 7) is 9.59. The standard InChI is InChI=1S/C18H27NOS/c1-6-20-17(18(2,3)4)15(19-5)11-13-12-21-16-10-8-7-9-14(13)16/h7-10,12,15,17,19H,6,11H2,1-5H3. The van der Waals surface area contributed by atoms with Gasteiger partial charge < -0.3 is 10.1 Å². The fourth-order valence-electron chi connectivity index (χ4n) is 2.94. The lowest BCUT2D eigenvalue weighted by atomic mass is 9.82. The molecule has 0 saturated carbocycles. The second-order valence-electron chi connectivity index (χ2n) is 6.60. The second-order valence-corrected chi connectivity index (χ2v) is 7.51. The summed E-state index contributed by atoms with van der Waals surface area (Å²) in [5, 5.41) is 7.15. The van der Waals surface area contributed by atoms with Gasteiger partial charge in [-0.3, -0.25) is 0 Å². The number of hydrogen-bond acceptors (Lipinski definition) is 3. The fraction of sp³-hybridized carbons (Fsp3) is 0.556. The second kappa shape index (κ2) is 6.91. The lowest BCUT2D eigenvalue weighted by Crippen LogP contribution is -2.48. The van der Waals surface area contributed by atoms with Crippen molar-refractivity contribution in [2.45, 2.75) is 46.3 Å². The zero-order valence-corrected chi connectivity index (χ0v) is 14.6. The van der Waals surface area contributed by atoms with Gasteiger partial charge in [0, 0.05) is 17.3 Å². The molecule has 1 aromatic heterocycles. The highest BCUT2D eigenvalue weighted by Gasteiger charge is 2.32. The molecule has 0 spiro atoms. The van der Waals surface area contributed by atoms with Crippen molar-refractivity contribution in [1.29, 1.82) is 0 Å². The van der Waals surface area contributed by atoms with Crippen molar-refractivity contribution in [3.63, 3.8) is 0 Å². The number of thiophene rings is 1. The molecule has 3 heteroatoms. The van der Waals surface area contributed by atoms with Crippen LogP contribution in [0.15, 0.2) is 29.6 Å². The molecule has 0 aliphatic heterocycles. The lowest BCUT2D eigenvalue weighted by Gasteiger charge is -2.36. The van der Waals surface area contributed by atoms with E-state index < -0.39 is 0 Å². The van der Waals surface area contributed by atoms with E-state index in [1.165, 1.54) is 15.6 Å². The molecule has 0 fully saturated rings. The quantitative estimate of drug-likeness (QED) is 0.849. The van der Waals surface area contributed by atoms with E-state index in [4.69, 9.17) is 4.74 Å². The van der Waals surface area contributed by atoms with Crippen LogP contribution >= 0.6 is 11.3 Å². The minimum Gasteiger partial charge on any atom is -0.376 e. The van der Waals surface area contributed by atoms with E-state index in [0.717, 1.165) is 13.0 Å². The Hall–Kier alpha value is -0.900. The van der Waals surface area contributed by atoms with Gasteiger partial charge in [0.2, 0.25) is 0 Å². The molecule has 2 atom stereocenters. The monoisotopic (exact) mass is 305 g/mol. The predicted octanol–water partition coefficient (Wildman–Crippen LogP) is 4.48. The molecule has 1 N–H and O–H groups in total. The maximum Gasteiger partial charge on any atom is 0.0779 e. The molecule has 21 heavy (non-hydrogen) atoms. The van der Waals surface area contributed by atoms with Crippen molar-refractivity contribution in [2.24, 2.45) is 5.41 Å². The summed E-state index contributed by atoms with van der Waals surface area (Å²) in [5.41, 5.74) is 1.54. The molecular weight excluding hydrogens is 278 g/mol. The molecule has 0 saturated heterocycles. The van der Waals surface area contributed by atoms with Crippen molar-refractivity contribution >= 4 is 21.4 Å². The lowest BCUT2D eigenvalue weighted by molar-refractivity contribution is -0.0339. The number of nitrogens with one attached hydrogen (secondary N) is 1. The van der Waals surface area contributed by atoms with Crippen LogP contribution in [0.1, 0.15) is 33.3 Å². The van der Waals surface area contributed by atoms with Crippen LogP contribution in [0.4, 0.5) is 0 Å². The van der Waals surface area contributed by atoms with Crippen molar-refractivity contribution in [3.05, 3.63) is 35.2 Å². The molecule has 0 amide bonds. The van der Waals surface area contributed by atoms with Crippen LogP contribution in [0, 0.1) is 5.41 Å². The van der Waals surface area contributed by atoms with Crippen LogP contribution in [0.3, 0.4) is 0 Å². The van der Waals surface area contributed by atoms with Gasteiger partial charge in [-0.25, -0.2) is 0 Å². The highest BCUT2D eigenvalue weighted by atomic mass is 32.1. The normalized spacial score (nSPS) is 15.3. The van der Waals surface area contributed by atoms with E-state index in [0.29, 0.717) is 6.04 Å². The maximum absolute atomic E-state index is 6.06. The molecule has 0 radical (unpaired) electrons. The van der Waals surface area contributed by atoms with Crippen LogP contribution in [0.2, 0.25) is 0 Å². The Kier molecular flexibility index (Phi) is 5.42. The third-order valence-corrected chi connectivity index (χ3v) is 4.95. The van der Waals surface area contributed by atoms with Gasteiger partial charge in [0.25, 0.3) is 0 Å². The zero-order valence-electron chi connectivity index (χ0n) is 13.8. The van der Waals surface area contributed by atoms with Crippen molar-refractivity contribution in [1.82, 2.24) is 5.32 Å². The van der Waals surface area contributed by atoms with Gasteiger partial charge in [-0.05, 0) is 48.2 Å². The highest BCUT2D eigenvalue weighted by Crippen LogP contribution is 2.30. The SMILES string of the molecule is CCOC(C(Cc1csc2ccccc12)NC)C(C)(C)C. The molecule has 2 aromatic rings. The van der Waals surface area contributed by atoms with E-state index in [1.54, 1.807) is 0 Å². The van der Waals surface area contributed by atoms with Crippen molar-refractivity contribution in [2.75, 3.05) is 13.7 Å². The Morgan fingerprint density at radius 1 is 1.24 bits per heavy atom. The number of hydrogen-bond donors (Lipinski definition) is 1. The average Bonchev–Trinajstić information content (AvgIpc) is 2.85. The molecule has 0 aliphatic rings. The summed E-state index contributed by atoms with van der Waals surface area (Å²) in [7, 11) is 2.04. The van der Waals surface area contributed by atoms with E-state index >= 15 is 0 Å². The third-order valence-electron chi connectivity index (χ3n) is 3.94. The number of rotatable bonds is 6. The van der Waals surface area contributed by atoms with Gasteiger partial charge in [-0.2, -0.15) is 0 Å². The smallest absolute Gasteiger partial charge is 0.0779 e. The van der Waals surface area contributed by atoms with Crippen LogP contribution in [0.25, 0.3) is 10.1 Å². The summed E-state index contributed by atoms with van der Waals surface area (Å²) >= 11 is 1.83. The Balaban J connectivity index is 2.25. The Labute approximate surface area is 132 Å². The molecule has 1 aromatic carbocycles. The highest BCUT2D eigenvalue weighted by molar-refractivity contribution is 7.17. The Morgan fingerprint density at radius 2 is 1.95 bits per heavy atom. The molecule has 1 heterocycles. The number of benzene rings is 1. The zero-order chi connectivity index (χ0) is 15.5. The summed E-state index contributed by atoms with van der Waals surface area (Å²) in [4.78, 5) is 0. The van der Waals surface area contributed by atoms with Gasteiger partial charge in [0.05, 0.1) is 6.10 Å². The summed E-state index contributed by atoms with van der Waals surface area (Å²) in [6, 6.07) is 8.97. The van der Waals surface area contributed by atoms with Crippen LogP contribution in [-0.4, -0.2) is 25.8 Å². The summed E-state index contributed by atoms with van der Waals surface area (Å²) < 4.78 is 7.43. The fourth-order valence-corrected chi connectivity index (χ4v) is 3.91.